The van der Waals surface area contributed by atoms with Gasteiger partial charge in [0.15, 0.2) is 11.6 Å². The van der Waals surface area contributed by atoms with Crippen LogP contribution in [0.15, 0.2) is 59.8 Å². The number of para-hydroxylation sites is 1. The van der Waals surface area contributed by atoms with Gasteiger partial charge in [0.2, 0.25) is 5.88 Å². The van der Waals surface area contributed by atoms with Crippen LogP contribution in [0.2, 0.25) is 0 Å². The van der Waals surface area contributed by atoms with Gasteiger partial charge in [-0.15, -0.1) is 11.8 Å². The third-order valence-electron chi connectivity index (χ3n) is 6.03. The van der Waals surface area contributed by atoms with Gasteiger partial charge in [-0.25, -0.2) is 4.98 Å². The zero-order chi connectivity index (χ0) is 23.7. The summed E-state index contributed by atoms with van der Waals surface area (Å²) in [6.45, 7) is 3.93. The largest absolute Gasteiger partial charge is 0.496 e. The minimum atomic E-state index is -0.0971. The van der Waals surface area contributed by atoms with Crippen molar-refractivity contribution < 1.29 is 14.6 Å². The van der Waals surface area contributed by atoms with Gasteiger partial charge in [0, 0.05) is 29.5 Å². The fourth-order valence-electron chi connectivity index (χ4n) is 4.08. The van der Waals surface area contributed by atoms with E-state index in [-0.39, 0.29) is 6.61 Å². The summed E-state index contributed by atoms with van der Waals surface area (Å²) in [6, 6.07) is 16.1. The van der Waals surface area contributed by atoms with Crippen LogP contribution in [0.5, 0.6) is 17.4 Å². The summed E-state index contributed by atoms with van der Waals surface area (Å²) in [4.78, 5) is 14.2. The molecular weight excluding hydrogens is 446 g/mol. The number of hydrogen-bond acceptors (Lipinski definition) is 7. The Bertz CT molecular complexity index is 1370. The molecule has 6 nitrogen and oxygen atoms in total. The van der Waals surface area contributed by atoms with Crippen molar-refractivity contribution in [2.45, 2.75) is 37.7 Å². The van der Waals surface area contributed by atoms with Crippen LogP contribution in [-0.4, -0.2) is 27.2 Å². The molecule has 34 heavy (non-hydrogen) atoms. The van der Waals surface area contributed by atoms with Crippen LogP contribution >= 0.6 is 11.8 Å². The van der Waals surface area contributed by atoms with E-state index < -0.39 is 0 Å². The Labute approximate surface area is 203 Å². The summed E-state index contributed by atoms with van der Waals surface area (Å²) in [5.41, 5.74) is 6.69. The van der Waals surface area contributed by atoms with Crippen molar-refractivity contribution in [2.24, 2.45) is 0 Å². The van der Waals surface area contributed by atoms with E-state index in [0.717, 1.165) is 38.7 Å². The number of aryl methyl sites for hydroxylation is 2. The van der Waals surface area contributed by atoms with E-state index in [4.69, 9.17) is 19.4 Å². The Morgan fingerprint density at radius 1 is 1.00 bits per heavy atom. The van der Waals surface area contributed by atoms with E-state index in [0.29, 0.717) is 29.6 Å². The number of ether oxygens (including phenoxy) is 2. The highest BCUT2D eigenvalue weighted by Gasteiger charge is 2.28. The molecule has 1 aliphatic heterocycles. The fourth-order valence-corrected chi connectivity index (χ4v) is 5.18. The maximum absolute atomic E-state index is 9.89. The van der Waals surface area contributed by atoms with Crippen molar-refractivity contribution in [3.05, 3.63) is 88.2 Å². The number of aromatic nitrogens is 3. The second-order valence-corrected chi connectivity index (χ2v) is 9.13. The first-order valence-electron chi connectivity index (χ1n) is 11.1. The molecule has 0 amide bonds. The molecule has 0 saturated carbocycles. The molecule has 0 radical (unpaired) electrons. The minimum absolute atomic E-state index is 0.0971. The summed E-state index contributed by atoms with van der Waals surface area (Å²) in [5, 5.41) is 10.7. The number of pyridine rings is 1. The van der Waals surface area contributed by atoms with E-state index >= 15 is 0 Å². The average Bonchev–Trinajstić information content (AvgIpc) is 2.87. The predicted octanol–water partition coefficient (Wildman–Crippen LogP) is 5.65. The molecule has 0 bridgehead atoms. The van der Waals surface area contributed by atoms with Crippen LogP contribution in [-0.2, 0) is 18.8 Å². The number of methoxy groups -OCH3 is 1. The van der Waals surface area contributed by atoms with Gasteiger partial charge < -0.3 is 14.6 Å². The van der Waals surface area contributed by atoms with Gasteiger partial charge in [-0.3, -0.25) is 4.98 Å². The van der Waals surface area contributed by atoms with Crippen LogP contribution in [0.1, 0.15) is 33.5 Å². The Morgan fingerprint density at radius 2 is 1.79 bits per heavy atom. The molecule has 0 aliphatic carbocycles. The topological polar surface area (TPSA) is 77.4 Å². The number of rotatable bonds is 6. The molecule has 3 heterocycles. The lowest BCUT2D eigenvalue weighted by atomic mass is 9.99. The van der Waals surface area contributed by atoms with E-state index in [9.17, 15) is 5.11 Å². The van der Waals surface area contributed by atoms with E-state index in [1.54, 1.807) is 25.1 Å². The number of fused-ring (bicyclic) bond motifs is 2. The Kier molecular flexibility index (Phi) is 6.22. The average molecular weight is 472 g/mol. The highest BCUT2D eigenvalue weighted by Crippen LogP contribution is 2.43. The summed E-state index contributed by atoms with van der Waals surface area (Å²) in [7, 11) is 1.64. The summed E-state index contributed by atoms with van der Waals surface area (Å²) in [6.07, 6.45) is 2.29. The normalized spacial score (nSPS) is 12.0. The van der Waals surface area contributed by atoms with Gasteiger partial charge in [-0.2, -0.15) is 4.98 Å². The number of hydrogen-bond donors (Lipinski definition) is 1. The number of nitrogens with zero attached hydrogens (tertiary/aromatic N) is 3. The molecule has 4 aromatic rings. The number of aliphatic hydroxyl groups is 1. The lowest BCUT2D eigenvalue weighted by Gasteiger charge is -2.24. The second-order valence-electron chi connectivity index (χ2n) is 8.16. The van der Waals surface area contributed by atoms with Gasteiger partial charge in [-0.05, 0) is 37.1 Å². The Balaban J connectivity index is 1.62. The molecule has 1 aliphatic rings. The Morgan fingerprint density at radius 3 is 2.59 bits per heavy atom. The molecular formula is C27H25N3O3S. The number of thioether (sulfide) groups is 1. The lowest BCUT2D eigenvalue weighted by Crippen LogP contribution is -2.13. The van der Waals surface area contributed by atoms with Crippen LogP contribution in [0.4, 0.5) is 0 Å². The van der Waals surface area contributed by atoms with Gasteiger partial charge in [0.05, 0.1) is 30.5 Å². The van der Waals surface area contributed by atoms with Crippen LogP contribution in [0.3, 0.4) is 0 Å². The molecule has 0 saturated heterocycles. The predicted molar refractivity (Wildman–Crippen MR) is 133 cm³/mol. The van der Waals surface area contributed by atoms with Gasteiger partial charge >= 0.3 is 0 Å². The Hall–Kier alpha value is -3.42. The third-order valence-corrected chi connectivity index (χ3v) is 7.10. The summed E-state index contributed by atoms with van der Waals surface area (Å²) < 4.78 is 11.9. The molecule has 0 spiro atoms. The quantitative estimate of drug-likeness (QED) is 0.253. The van der Waals surface area contributed by atoms with Crippen molar-refractivity contribution in [1.82, 2.24) is 15.0 Å². The SMILES string of the molecule is COc1ccccc1-c1nc2c(c(SCc3ccccc3C)n1)Cc1c(CO)cnc(C)c1O2. The zero-order valence-electron chi connectivity index (χ0n) is 19.3. The molecule has 1 N–H and O–H groups in total. The van der Waals surface area contributed by atoms with Crippen LogP contribution in [0.25, 0.3) is 11.4 Å². The van der Waals surface area contributed by atoms with Crippen molar-refractivity contribution >= 4 is 11.8 Å². The highest BCUT2D eigenvalue weighted by molar-refractivity contribution is 7.98. The zero-order valence-corrected chi connectivity index (χ0v) is 20.1. The first-order chi connectivity index (χ1) is 16.6. The van der Waals surface area contributed by atoms with Crippen molar-refractivity contribution in [3.63, 3.8) is 0 Å². The van der Waals surface area contributed by atoms with E-state index in [2.05, 4.69) is 30.1 Å². The van der Waals surface area contributed by atoms with Crippen molar-refractivity contribution in [3.8, 4) is 28.8 Å². The number of aliphatic hydroxyl groups excluding tert-OH is 1. The summed E-state index contributed by atoms with van der Waals surface area (Å²) >= 11 is 1.67. The fraction of sp³-hybridized carbons (Fsp3) is 0.222. The van der Waals surface area contributed by atoms with E-state index in [1.165, 1.54) is 11.1 Å². The lowest BCUT2D eigenvalue weighted by molar-refractivity contribution is 0.278. The van der Waals surface area contributed by atoms with Crippen molar-refractivity contribution in [2.75, 3.05) is 7.11 Å². The maximum Gasteiger partial charge on any atom is 0.227 e. The van der Waals surface area contributed by atoms with Crippen LogP contribution < -0.4 is 9.47 Å². The van der Waals surface area contributed by atoms with Gasteiger partial charge in [-0.1, -0.05) is 36.4 Å². The molecule has 0 unspecified atom stereocenters. The molecule has 2 aromatic heterocycles. The molecule has 0 atom stereocenters. The monoisotopic (exact) mass is 471 g/mol. The minimum Gasteiger partial charge on any atom is -0.496 e. The molecule has 5 rings (SSSR count). The van der Waals surface area contributed by atoms with Crippen LogP contribution in [0, 0.1) is 13.8 Å². The standard InChI is InChI=1S/C27H25N3O3S/c1-16-8-4-5-9-18(16)15-34-27-22-12-21-19(14-31)13-28-17(2)24(21)33-26(22)29-25(30-27)20-10-6-7-11-23(20)32-3/h4-11,13,31H,12,14-15H2,1-3H3. The smallest absolute Gasteiger partial charge is 0.227 e. The first kappa shape index (κ1) is 22.4. The maximum atomic E-state index is 9.89. The molecule has 2 aromatic carbocycles. The molecule has 172 valence electrons. The van der Waals surface area contributed by atoms with Gasteiger partial charge in [0.25, 0.3) is 0 Å². The second kappa shape index (κ2) is 9.44. The number of benzene rings is 2. The third kappa shape index (κ3) is 4.13. The molecule has 0 fully saturated rings. The molecule has 7 heteroatoms. The highest BCUT2D eigenvalue weighted by atomic mass is 32.2. The summed E-state index contributed by atoms with van der Waals surface area (Å²) in [5.74, 6) is 3.22. The van der Waals surface area contributed by atoms with Gasteiger partial charge in [0.1, 0.15) is 10.8 Å². The van der Waals surface area contributed by atoms with Crippen molar-refractivity contribution in [1.29, 1.82) is 0 Å². The first-order valence-corrected chi connectivity index (χ1v) is 12.0. The van der Waals surface area contributed by atoms with E-state index in [1.807, 2.05) is 37.3 Å².